The maximum atomic E-state index is 13.5. The van der Waals surface area contributed by atoms with Gasteiger partial charge >= 0.3 is 0 Å². The third kappa shape index (κ3) is 4.40. The Morgan fingerprint density at radius 1 is 0.917 bits per heavy atom. The van der Waals surface area contributed by atoms with E-state index in [4.69, 9.17) is 4.98 Å². The highest BCUT2D eigenvalue weighted by Gasteiger charge is 2.18. The molecular weight excluding hydrogens is 444 g/mol. The molecule has 0 saturated heterocycles. The fourth-order valence-electron chi connectivity index (χ4n) is 4.57. The summed E-state index contributed by atoms with van der Waals surface area (Å²) in [5, 5.41) is 8.57. The highest BCUT2D eigenvalue weighted by Crippen LogP contribution is 2.29. The van der Waals surface area contributed by atoms with Gasteiger partial charge in [0, 0.05) is 16.6 Å². The van der Waals surface area contributed by atoms with Gasteiger partial charge in [0.2, 0.25) is 0 Å². The summed E-state index contributed by atoms with van der Waals surface area (Å²) in [5.74, 6) is 0.319. The molecule has 0 aliphatic heterocycles. The van der Waals surface area contributed by atoms with Gasteiger partial charge < -0.3 is 5.32 Å². The molecular formula is C31H30N4O. The lowest BCUT2D eigenvalue weighted by atomic mass is 10.0. The first-order valence-electron chi connectivity index (χ1n) is 12.3. The van der Waals surface area contributed by atoms with Crippen molar-refractivity contribution in [2.45, 2.75) is 40.5 Å². The normalized spacial score (nSPS) is 11.3. The highest BCUT2D eigenvalue weighted by atomic mass is 16.1. The van der Waals surface area contributed by atoms with Crippen LogP contribution < -0.4 is 5.32 Å². The second kappa shape index (κ2) is 9.42. The summed E-state index contributed by atoms with van der Waals surface area (Å²) in [7, 11) is 0. The van der Waals surface area contributed by atoms with E-state index in [1.807, 2.05) is 74.1 Å². The number of hydrogen-bond donors (Lipinski definition) is 1. The van der Waals surface area contributed by atoms with Crippen LogP contribution in [0.2, 0.25) is 0 Å². The van der Waals surface area contributed by atoms with Crippen molar-refractivity contribution in [2.24, 2.45) is 0 Å². The second-order valence-corrected chi connectivity index (χ2v) is 9.65. The van der Waals surface area contributed by atoms with Crippen LogP contribution in [0.4, 0.5) is 5.69 Å². The standard InChI is InChI=1S/C31H30N4O/c1-19(2)23-11-13-24(14-12-23)35-22(5)27(18-32-35)30-17-26(25-8-6-7-9-29(25)33-30)31(36)34-28-15-10-20(3)16-21(28)4/h6-19H,1-5H3,(H,34,36). The quantitative estimate of drug-likeness (QED) is 0.289. The first-order valence-corrected chi connectivity index (χ1v) is 12.3. The van der Waals surface area contributed by atoms with Crippen molar-refractivity contribution in [3.63, 3.8) is 0 Å². The van der Waals surface area contributed by atoms with Crippen LogP contribution in [0.5, 0.6) is 0 Å². The zero-order chi connectivity index (χ0) is 25.4. The summed E-state index contributed by atoms with van der Waals surface area (Å²) < 4.78 is 1.92. The van der Waals surface area contributed by atoms with Gasteiger partial charge in [-0.25, -0.2) is 9.67 Å². The number of carbonyl (C=O) groups excluding carboxylic acids is 1. The molecule has 36 heavy (non-hydrogen) atoms. The van der Waals surface area contributed by atoms with Crippen LogP contribution in [0.15, 0.2) is 79.0 Å². The Kier molecular flexibility index (Phi) is 6.15. The minimum Gasteiger partial charge on any atom is -0.322 e. The average Bonchev–Trinajstić information content (AvgIpc) is 3.26. The van der Waals surface area contributed by atoms with E-state index in [0.717, 1.165) is 50.4 Å². The molecule has 0 spiro atoms. The molecule has 180 valence electrons. The molecule has 5 rings (SSSR count). The number of nitrogens with zero attached hydrogens (tertiary/aromatic N) is 3. The third-order valence-corrected chi connectivity index (χ3v) is 6.68. The fraction of sp³-hybridized carbons (Fsp3) is 0.194. The molecule has 5 heteroatoms. The number of rotatable bonds is 5. The number of amides is 1. The lowest BCUT2D eigenvalue weighted by molar-refractivity contribution is 0.102. The van der Waals surface area contributed by atoms with Crippen LogP contribution >= 0.6 is 0 Å². The zero-order valence-corrected chi connectivity index (χ0v) is 21.3. The summed E-state index contributed by atoms with van der Waals surface area (Å²) in [4.78, 5) is 18.4. The van der Waals surface area contributed by atoms with E-state index in [1.54, 1.807) is 0 Å². The van der Waals surface area contributed by atoms with E-state index >= 15 is 0 Å². The van der Waals surface area contributed by atoms with Gasteiger partial charge in [-0.05, 0) is 68.1 Å². The third-order valence-electron chi connectivity index (χ3n) is 6.68. The van der Waals surface area contributed by atoms with Crippen LogP contribution in [0.3, 0.4) is 0 Å². The molecule has 0 unspecified atom stereocenters. The van der Waals surface area contributed by atoms with Gasteiger partial charge in [-0.15, -0.1) is 0 Å². The molecule has 3 aromatic carbocycles. The number of benzene rings is 3. The van der Waals surface area contributed by atoms with Gasteiger partial charge in [0.1, 0.15) is 0 Å². The summed E-state index contributed by atoms with van der Waals surface area (Å²) in [6, 6.07) is 24.1. The van der Waals surface area contributed by atoms with Crippen LogP contribution in [-0.4, -0.2) is 20.7 Å². The Morgan fingerprint density at radius 3 is 2.39 bits per heavy atom. The highest BCUT2D eigenvalue weighted by molar-refractivity contribution is 6.13. The number of pyridine rings is 1. The van der Waals surface area contributed by atoms with Gasteiger partial charge in [0.15, 0.2) is 0 Å². The van der Waals surface area contributed by atoms with Crippen molar-refractivity contribution in [3.05, 3.63) is 107 Å². The van der Waals surface area contributed by atoms with Gasteiger partial charge in [-0.1, -0.05) is 61.9 Å². The number of anilines is 1. The Labute approximate surface area is 211 Å². The van der Waals surface area contributed by atoms with Gasteiger partial charge in [-0.3, -0.25) is 4.79 Å². The van der Waals surface area contributed by atoms with Crippen LogP contribution in [0, 0.1) is 20.8 Å². The lowest BCUT2D eigenvalue weighted by Gasteiger charge is -2.13. The minimum absolute atomic E-state index is 0.156. The maximum Gasteiger partial charge on any atom is 0.256 e. The second-order valence-electron chi connectivity index (χ2n) is 9.65. The van der Waals surface area contributed by atoms with Gasteiger partial charge in [0.25, 0.3) is 5.91 Å². The van der Waals surface area contributed by atoms with E-state index < -0.39 is 0 Å². The summed E-state index contributed by atoms with van der Waals surface area (Å²) in [5.41, 5.74) is 9.24. The van der Waals surface area contributed by atoms with E-state index in [0.29, 0.717) is 11.5 Å². The van der Waals surface area contributed by atoms with Crippen molar-refractivity contribution < 1.29 is 4.79 Å². The molecule has 0 aliphatic carbocycles. The fourth-order valence-corrected chi connectivity index (χ4v) is 4.57. The topological polar surface area (TPSA) is 59.8 Å². The predicted octanol–water partition coefficient (Wildman–Crippen LogP) is 7.39. The molecule has 2 aromatic heterocycles. The maximum absolute atomic E-state index is 13.5. The average molecular weight is 475 g/mol. The largest absolute Gasteiger partial charge is 0.322 e. The Bertz CT molecular complexity index is 1580. The molecule has 0 bridgehead atoms. The Balaban J connectivity index is 1.56. The predicted molar refractivity (Wildman–Crippen MR) is 147 cm³/mol. The number of aryl methyl sites for hydroxylation is 2. The number of nitrogens with one attached hydrogen (secondary N) is 1. The molecule has 1 N–H and O–H groups in total. The SMILES string of the molecule is Cc1ccc(NC(=O)c2cc(-c3cnn(-c4ccc(C(C)C)cc4)c3C)nc3ccccc23)c(C)c1. The molecule has 0 saturated carbocycles. The molecule has 2 heterocycles. The molecule has 0 aliphatic rings. The van der Waals surface area contributed by atoms with Crippen molar-refractivity contribution in [2.75, 3.05) is 5.32 Å². The van der Waals surface area contributed by atoms with Crippen LogP contribution in [0.1, 0.15) is 52.5 Å². The number of hydrogen-bond acceptors (Lipinski definition) is 3. The smallest absolute Gasteiger partial charge is 0.256 e. The summed E-state index contributed by atoms with van der Waals surface area (Å²) >= 11 is 0. The summed E-state index contributed by atoms with van der Waals surface area (Å²) in [6.07, 6.45) is 1.83. The van der Waals surface area contributed by atoms with E-state index in [9.17, 15) is 4.79 Å². The first kappa shape index (κ1) is 23.5. The van der Waals surface area contributed by atoms with Crippen molar-refractivity contribution >= 4 is 22.5 Å². The van der Waals surface area contributed by atoms with Gasteiger partial charge in [-0.2, -0.15) is 5.10 Å². The van der Waals surface area contributed by atoms with Crippen LogP contribution in [-0.2, 0) is 0 Å². The van der Waals surface area contributed by atoms with E-state index in [2.05, 4.69) is 54.6 Å². The number of para-hydroxylation sites is 1. The van der Waals surface area contributed by atoms with Crippen molar-refractivity contribution in [1.29, 1.82) is 0 Å². The zero-order valence-electron chi connectivity index (χ0n) is 21.3. The van der Waals surface area contributed by atoms with E-state index in [-0.39, 0.29) is 5.91 Å². The minimum atomic E-state index is -0.156. The van der Waals surface area contributed by atoms with Crippen molar-refractivity contribution in [1.82, 2.24) is 14.8 Å². The lowest BCUT2D eigenvalue weighted by Crippen LogP contribution is -2.14. The number of fused-ring (bicyclic) bond motifs is 1. The molecule has 0 radical (unpaired) electrons. The molecule has 5 aromatic rings. The van der Waals surface area contributed by atoms with Crippen molar-refractivity contribution in [3.8, 4) is 16.9 Å². The molecule has 5 nitrogen and oxygen atoms in total. The monoisotopic (exact) mass is 474 g/mol. The summed E-state index contributed by atoms with van der Waals surface area (Å²) in [6.45, 7) is 10.5. The van der Waals surface area contributed by atoms with E-state index in [1.165, 1.54) is 5.56 Å². The molecule has 0 atom stereocenters. The number of carbonyl (C=O) groups is 1. The number of aromatic nitrogens is 3. The van der Waals surface area contributed by atoms with Crippen LogP contribution in [0.25, 0.3) is 27.8 Å². The molecule has 1 amide bonds. The molecule has 0 fully saturated rings. The van der Waals surface area contributed by atoms with Gasteiger partial charge in [0.05, 0.1) is 34.4 Å². The Hall–Kier alpha value is -4.25. The first-order chi connectivity index (χ1) is 17.3. The Morgan fingerprint density at radius 2 is 1.67 bits per heavy atom.